The normalized spacial score (nSPS) is 17.6. The van der Waals surface area contributed by atoms with Crippen LogP contribution in [0.1, 0.15) is 90.4 Å². The second-order valence-corrected chi connectivity index (χ2v) is 16.4. The number of carboxylic acids is 2. The summed E-state index contributed by atoms with van der Waals surface area (Å²) in [6.45, 7) is 4.91. The fraction of sp³-hybridized carbons (Fsp3) is 0.478. The van der Waals surface area contributed by atoms with E-state index in [9.17, 15) is 34.5 Å². The van der Waals surface area contributed by atoms with Crippen molar-refractivity contribution >= 4 is 35.6 Å². The minimum Gasteiger partial charge on any atom is -0.481 e. The Morgan fingerprint density at radius 3 is 1.74 bits per heavy atom. The first-order valence-corrected chi connectivity index (χ1v) is 22.2. The lowest BCUT2D eigenvalue weighted by Crippen LogP contribution is -2.36. The molecule has 19 heteroatoms. The summed E-state index contributed by atoms with van der Waals surface area (Å²) >= 11 is 0. The molecule has 3 atom stereocenters. The van der Waals surface area contributed by atoms with Crippen molar-refractivity contribution in [2.24, 2.45) is 0 Å². The zero-order valence-corrected chi connectivity index (χ0v) is 36.9. The van der Waals surface area contributed by atoms with Gasteiger partial charge in [-0.1, -0.05) is 24.3 Å². The van der Waals surface area contributed by atoms with Crippen LogP contribution >= 0.6 is 0 Å². The molecule has 0 saturated carbocycles. The van der Waals surface area contributed by atoms with Crippen LogP contribution in [0.3, 0.4) is 0 Å². The molecule has 346 valence electrons. The molecule has 4 aromatic rings. The molecule has 3 unspecified atom stereocenters. The number of methoxy groups -OCH3 is 2. The minimum atomic E-state index is -0.973. The van der Waals surface area contributed by atoms with E-state index >= 15 is 0 Å². The van der Waals surface area contributed by atoms with Crippen LogP contribution < -0.4 is 20.1 Å². The van der Waals surface area contributed by atoms with Crippen LogP contribution in [0.4, 0.5) is 21.2 Å². The summed E-state index contributed by atoms with van der Waals surface area (Å²) in [5.41, 5.74) is 5.38. The maximum absolute atomic E-state index is 13.1. The van der Waals surface area contributed by atoms with Crippen LogP contribution in [0.2, 0.25) is 0 Å². The van der Waals surface area contributed by atoms with Gasteiger partial charge in [-0.2, -0.15) is 0 Å². The highest BCUT2D eigenvalue weighted by Gasteiger charge is 2.37. The molecule has 19 nitrogen and oxygen atoms in total. The van der Waals surface area contributed by atoms with Gasteiger partial charge in [0, 0.05) is 93.8 Å². The number of anilines is 2. The summed E-state index contributed by atoms with van der Waals surface area (Å²) in [6, 6.07) is 13.5. The number of carbonyl (C=O) groups is 4. The Balaban J connectivity index is 0.000000194. The van der Waals surface area contributed by atoms with Crippen molar-refractivity contribution in [2.75, 3.05) is 77.2 Å². The third-order valence-corrected chi connectivity index (χ3v) is 12.2. The van der Waals surface area contributed by atoms with E-state index in [1.54, 1.807) is 56.3 Å². The predicted octanol–water partition coefficient (Wildman–Crippen LogP) is 4.95. The average Bonchev–Trinajstić information content (AvgIpc) is 3.87. The number of urea groups is 2. The van der Waals surface area contributed by atoms with Crippen LogP contribution in [0.5, 0.6) is 11.8 Å². The molecule has 2 fully saturated rings. The van der Waals surface area contributed by atoms with Crippen LogP contribution in [0, 0.1) is 0 Å². The fourth-order valence-electron chi connectivity index (χ4n) is 8.71. The van der Waals surface area contributed by atoms with E-state index in [0.717, 1.165) is 67.2 Å². The molecule has 65 heavy (non-hydrogen) atoms. The lowest BCUT2D eigenvalue weighted by Gasteiger charge is -2.27. The topological polar surface area (TPSA) is 236 Å². The summed E-state index contributed by atoms with van der Waals surface area (Å²) in [4.78, 5) is 73.5. The quantitative estimate of drug-likeness (QED) is 0.0889. The number of hydrogen-bond acceptors (Lipinski definition) is 13. The first kappa shape index (κ1) is 46.2. The number of amides is 4. The summed E-state index contributed by atoms with van der Waals surface area (Å²) in [6.07, 6.45) is 8.23. The summed E-state index contributed by atoms with van der Waals surface area (Å²) in [7, 11) is 3.03. The first-order chi connectivity index (χ1) is 31.5. The average molecular weight is 895 g/mol. The standard InChI is InChI=1S/C23H29N5O5.C23H29N5O4/c1-33-20-7-4-15(14-25-20)18(13-21(30)31)28-12-11-27(23(28)32)10-2-3-16-5-6-17-19(29)8-9-24-22(17)26-16;1-32-20-9-7-17(15-25-20)19(14-21(29)30)28-13-12-27(23(28)31)11-3-5-18-8-6-16-4-2-10-24-22(16)26-18/h4-7,14,18-19,29H,2-3,8-13H2,1H3,(H,24,26)(H,30,31);6-9,15,19H,2-5,10-14H2,1H3,(H,24,26)(H,29,30). The molecule has 5 N–H and O–H groups in total. The maximum atomic E-state index is 13.1. The van der Waals surface area contributed by atoms with Gasteiger partial charge >= 0.3 is 24.0 Å². The molecule has 4 aliphatic rings. The molecule has 0 aromatic carbocycles. The highest BCUT2D eigenvalue weighted by atomic mass is 16.5. The van der Waals surface area contributed by atoms with Crippen molar-refractivity contribution < 1.29 is 44.0 Å². The van der Waals surface area contributed by atoms with E-state index in [-0.39, 0.29) is 24.9 Å². The second kappa shape index (κ2) is 21.7. The molecular formula is C46H58N10O9. The van der Waals surface area contributed by atoms with Crippen LogP contribution in [0.15, 0.2) is 60.9 Å². The molecule has 2 saturated heterocycles. The number of nitrogens with zero attached hydrogens (tertiary/aromatic N) is 8. The number of rotatable bonds is 18. The number of aliphatic hydroxyl groups excluding tert-OH is 1. The number of fused-ring (bicyclic) bond motifs is 2. The lowest BCUT2D eigenvalue weighted by atomic mass is 10.0. The third-order valence-electron chi connectivity index (χ3n) is 12.2. The van der Waals surface area contributed by atoms with Crippen molar-refractivity contribution in [3.63, 3.8) is 0 Å². The van der Waals surface area contributed by atoms with Crippen molar-refractivity contribution in [3.05, 3.63) is 94.6 Å². The summed E-state index contributed by atoms with van der Waals surface area (Å²) in [5.74, 6) is 0.676. The molecule has 0 radical (unpaired) electrons. The Kier molecular flexibility index (Phi) is 15.5. The number of ether oxygens (including phenoxy) is 2. The molecule has 0 spiro atoms. The van der Waals surface area contributed by atoms with Gasteiger partial charge in [-0.3, -0.25) is 9.59 Å². The predicted molar refractivity (Wildman–Crippen MR) is 239 cm³/mol. The Morgan fingerprint density at radius 2 is 1.23 bits per heavy atom. The molecule has 4 aliphatic heterocycles. The van der Waals surface area contributed by atoms with Gasteiger partial charge in [-0.15, -0.1) is 0 Å². The van der Waals surface area contributed by atoms with Crippen LogP contribution in [0.25, 0.3) is 0 Å². The van der Waals surface area contributed by atoms with Crippen molar-refractivity contribution in [3.8, 4) is 11.8 Å². The zero-order chi connectivity index (χ0) is 45.9. The number of aromatic nitrogens is 4. The largest absolute Gasteiger partial charge is 0.481 e. The van der Waals surface area contributed by atoms with E-state index in [0.29, 0.717) is 81.5 Å². The Labute approximate surface area is 377 Å². The number of carbonyl (C=O) groups excluding carboxylic acids is 2. The smallest absolute Gasteiger partial charge is 0.320 e. The SMILES string of the molecule is COc1ccc(C(CC(=O)O)N2CCN(CCCc3ccc4c(n3)NCCC4)C2=O)cn1.COc1ccc(C(CC(=O)O)N2CCN(CCCc3ccc4c(n3)NCCC4O)C2=O)cn1. The Morgan fingerprint density at radius 1 is 0.708 bits per heavy atom. The van der Waals surface area contributed by atoms with Crippen molar-refractivity contribution in [1.82, 2.24) is 39.5 Å². The Bertz CT molecular complexity index is 2280. The van der Waals surface area contributed by atoms with Crippen molar-refractivity contribution in [2.45, 2.75) is 76.0 Å². The van der Waals surface area contributed by atoms with Crippen molar-refractivity contribution in [1.29, 1.82) is 0 Å². The first-order valence-electron chi connectivity index (χ1n) is 22.2. The monoisotopic (exact) mass is 894 g/mol. The van der Waals surface area contributed by atoms with E-state index < -0.39 is 30.1 Å². The number of aliphatic hydroxyl groups is 1. The molecule has 0 bridgehead atoms. The number of carboxylic acid groups (broad SMARTS) is 2. The third kappa shape index (κ3) is 11.7. The number of aliphatic carboxylic acids is 2. The second-order valence-electron chi connectivity index (χ2n) is 16.4. The summed E-state index contributed by atoms with van der Waals surface area (Å²) < 4.78 is 10.2. The van der Waals surface area contributed by atoms with Crippen LogP contribution in [-0.2, 0) is 28.9 Å². The highest BCUT2D eigenvalue weighted by molar-refractivity contribution is 5.79. The number of aryl methyl sites for hydroxylation is 3. The molecule has 4 amide bonds. The lowest BCUT2D eigenvalue weighted by molar-refractivity contribution is -0.139. The number of hydrogen-bond donors (Lipinski definition) is 5. The minimum absolute atomic E-state index is 0.132. The number of pyridine rings is 4. The molecule has 0 aliphatic carbocycles. The van der Waals surface area contributed by atoms with Gasteiger partial charge in [-0.05, 0) is 73.8 Å². The zero-order valence-electron chi connectivity index (χ0n) is 36.9. The summed E-state index contributed by atoms with van der Waals surface area (Å²) in [5, 5.41) is 35.4. The highest BCUT2D eigenvalue weighted by Crippen LogP contribution is 2.32. The van der Waals surface area contributed by atoms with E-state index in [2.05, 4.69) is 37.7 Å². The van der Waals surface area contributed by atoms with Gasteiger partial charge in [0.15, 0.2) is 0 Å². The Hall–Kier alpha value is -6.76. The van der Waals surface area contributed by atoms with Gasteiger partial charge in [0.05, 0.1) is 45.2 Å². The van der Waals surface area contributed by atoms with E-state index in [4.69, 9.17) is 14.5 Å². The fourth-order valence-corrected chi connectivity index (χ4v) is 8.71. The van der Waals surface area contributed by atoms with Gasteiger partial charge in [-0.25, -0.2) is 29.5 Å². The molecule has 8 heterocycles. The van der Waals surface area contributed by atoms with Crippen LogP contribution in [-0.4, -0.2) is 145 Å². The molecular weight excluding hydrogens is 837 g/mol. The molecule has 4 aromatic heterocycles. The van der Waals surface area contributed by atoms with E-state index in [1.807, 2.05) is 12.1 Å². The molecule has 8 rings (SSSR count). The van der Waals surface area contributed by atoms with Gasteiger partial charge in [0.1, 0.15) is 11.6 Å². The van der Waals surface area contributed by atoms with Gasteiger partial charge < -0.3 is 55.0 Å². The van der Waals surface area contributed by atoms with E-state index in [1.165, 1.54) is 19.8 Å². The maximum Gasteiger partial charge on any atom is 0.320 e. The number of nitrogens with one attached hydrogen (secondary N) is 2. The van der Waals surface area contributed by atoms with Gasteiger partial charge in [0.2, 0.25) is 11.8 Å². The van der Waals surface area contributed by atoms with Gasteiger partial charge in [0.25, 0.3) is 0 Å².